The predicted molar refractivity (Wildman–Crippen MR) is 276 cm³/mol. The molecule has 0 atom stereocenters. The van der Waals surface area contributed by atoms with Crippen LogP contribution in [0.3, 0.4) is 0 Å². The Bertz CT molecular complexity index is 3080. The summed E-state index contributed by atoms with van der Waals surface area (Å²) in [6, 6.07) is 28.9. The minimum Gasteiger partial charge on any atom is -0.497 e. The highest BCUT2D eigenvalue weighted by molar-refractivity contribution is 7.92. The van der Waals surface area contributed by atoms with Crippen LogP contribution in [0, 0.1) is 41.2 Å². The van der Waals surface area contributed by atoms with Gasteiger partial charge in [0.1, 0.15) is 76.2 Å². The summed E-state index contributed by atoms with van der Waals surface area (Å²) in [6.45, 7) is 4.94. The molecule has 0 fully saturated rings. The van der Waals surface area contributed by atoms with Gasteiger partial charge in [0.15, 0.2) is 0 Å². The van der Waals surface area contributed by atoms with Crippen molar-refractivity contribution < 1.29 is 64.1 Å². The summed E-state index contributed by atoms with van der Waals surface area (Å²) < 4.78 is 112. The van der Waals surface area contributed by atoms with Gasteiger partial charge in [-0.15, -0.1) is 11.3 Å². The van der Waals surface area contributed by atoms with Crippen LogP contribution in [0.1, 0.15) is 53.5 Å². The smallest absolute Gasteiger partial charge is 0.445 e. The molecule has 0 unspecified atom stereocenters. The van der Waals surface area contributed by atoms with Crippen molar-refractivity contribution in [1.82, 2.24) is 20.3 Å². The molecule has 23 heteroatoms. The van der Waals surface area contributed by atoms with Gasteiger partial charge in [-0.2, -0.15) is 15.2 Å². The zero-order valence-electron chi connectivity index (χ0n) is 41.3. The number of carbonyl (C=O) groups is 2. The fourth-order valence-corrected chi connectivity index (χ4v) is 12.0. The van der Waals surface area contributed by atoms with Crippen LogP contribution in [0.2, 0.25) is 0 Å². The van der Waals surface area contributed by atoms with E-state index in [4.69, 9.17) is 43.3 Å². The maximum atomic E-state index is 14.5. The largest absolute Gasteiger partial charge is 0.497 e. The number of nitrogens with one attached hydrogen (secondary N) is 3. The standard InChI is InChI=1S/C52H55F2N6O12PS2/c1-36-46-28-43(20-21-49(46)74-50(36)75(64,65)59-35-73(63,71-44-18-12-39(31-55)47(53)29-44)72-45-19-13-40(32-56)48(54)30-45)68-27-7-26-60(25-6-23-58-52(62)70-34-38-10-16-42(67-3)17-11-38)24-5-4-22-57-51(61)69-33-37-8-14-41(66-2)15-9-37/h8-21,28-30,59H,4-7,22-27,33-35H2,1-3H3,(H,57,61)(H,58,62). The minimum absolute atomic E-state index is 0.105. The lowest BCUT2D eigenvalue weighted by Crippen LogP contribution is -2.32. The number of methoxy groups -OCH3 is 2. The van der Waals surface area contributed by atoms with Crippen molar-refractivity contribution in [1.29, 1.82) is 10.5 Å². The molecule has 2 amide bonds. The van der Waals surface area contributed by atoms with Gasteiger partial charge in [0.2, 0.25) is 0 Å². The summed E-state index contributed by atoms with van der Waals surface area (Å²) in [5.74, 6) is -0.821. The molecule has 0 spiro atoms. The van der Waals surface area contributed by atoms with Crippen molar-refractivity contribution in [3.8, 4) is 40.9 Å². The minimum atomic E-state index is -4.66. The second-order valence-electron chi connectivity index (χ2n) is 16.6. The SMILES string of the molecule is COc1ccc(COC(=O)NCCCCN(CCCNC(=O)OCc2ccc(OC)cc2)CCCOc2ccc3sc(S(=O)(=O)NCP(=O)(Oc4ccc(C#N)c(F)c4)Oc4ccc(C#N)c(F)c4)c(C)c3c2)cc1. The summed E-state index contributed by atoms with van der Waals surface area (Å²) in [7, 11) is -5.93. The number of amides is 2. The highest BCUT2D eigenvalue weighted by atomic mass is 32.2. The van der Waals surface area contributed by atoms with Gasteiger partial charge in [0.25, 0.3) is 10.0 Å². The highest BCUT2D eigenvalue weighted by Gasteiger charge is 2.33. The van der Waals surface area contributed by atoms with Gasteiger partial charge in [-0.25, -0.2) is 31.4 Å². The van der Waals surface area contributed by atoms with Crippen LogP contribution >= 0.6 is 18.9 Å². The monoisotopic (exact) mass is 1090 g/mol. The number of alkyl carbamates (subject to hydrolysis) is 2. The summed E-state index contributed by atoms with van der Waals surface area (Å²) in [4.78, 5) is 27.0. The predicted octanol–water partition coefficient (Wildman–Crippen LogP) is 9.93. The molecule has 6 rings (SSSR count). The number of thiophene rings is 1. The topological polar surface area (TPSA) is 237 Å². The average molecular weight is 1090 g/mol. The summed E-state index contributed by atoms with van der Waals surface area (Å²) in [5, 5.41) is 24.4. The molecule has 396 valence electrons. The highest BCUT2D eigenvalue weighted by Crippen LogP contribution is 2.48. The first-order chi connectivity index (χ1) is 36.1. The van der Waals surface area contributed by atoms with Crippen LogP contribution in [0.5, 0.6) is 28.7 Å². The van der Waals surface area contributed by atoms with Gasteiger partial charge < -0.3 is 48.3 Å². The van der Waals surface area contributed by atoms with Gasteiger partial charge >= 0.3 is 19.8 Å². The van der Waals surface area contributed by atoms with Crippen LogP contribution in [-0.4, -0.2) is 85.3 Å². The third kappa shape index (κ3) is 17.3. The van der Waals surface area contributed by atoms with Crippen LogP contribution in [0.25, 0.3) is 10.1 Å². The van der Waals surface area contributed by atoms with Crippen molar-refractivity contribution in [3.63, 3.8) is 0 Å². The number of benzene rings is 5. The quantitative estimate of drug-likeness (QED) is 0.0306. The number of nitriles is 2. The first-order valence-corrected chi connectivity index (χ1v) is 27.5. The molecule has 1 aromatic heterocycles. The van der Waals surface area contributed by atoms with E-state index in [0.29, 0.717) is 91.5 Å². The van der Waals surface area contributed by atoms with E-state index in [1.807, 2.05) is 24.3 Å². The molecule has 0 aliphatic rings. The molecule has 1 heterocycles. The molecule has 5 aromatic carbocycles. The maximum absolute atomic E-state index is 14.5. The van der Waals surface area contributed by atoms with Crippen molar-refractivity contribution in [3.05, 3.63) is 143 Å². The first kappa shape index (κ1) is 56.8. The number of fused-ring (bicyclic) bond motifs is 1. The number of nitrogens with zero attached hydrogens (tertiary/aromatic N) is 3. The normalized spacial score (nSPS) is 11.3. The molecule has 0 saturated heterocycles. The van der Waals surface area contributed by atoms with Crippen molar-refractivity contribution in [2.75, 3.05) is 59.8 Å². The first-order valence-electron chi connectivity index (χ1n) is 23.4. The van der Waals surface area contributed by atoms with Gasteiger partial charge in [-0.05, 0) is 129 Å². The lowest BCUT2D eigenvalue weighted by Gasteiger charge is -2.22. The van der Waals surface area contributed by atoms with E-state index < -0.39 is 47.7 Å². The number of carbonyl (C=O) groups excluding carboxylic acids is 2. The summed E-state index contributed by atoms with van der Waals surface area (Å²) in [6.07, 6.45) is 0.667. The molecule has 0 radical (unpaired) electrons. The van der Waals surface area contributed by atoms with E-state index >= 15 is 0 Å². The van der Waals surface area contributed by atoms with E-state index in [1.165, 1.54) is 0 Å². The number of halogens is 2. The third-order valence-corrected chi connectivity index (χ3v) is 16.2. The Labute approximate surface area is 437 Å². The number of sulfonamides is 1. The molecule has 75 heavy (non-hydrogen) atoms. The molecule has 0 aliphatic heterocycles. The number of ether oxygens (including phenoxy) is 5. The Hall–Kier alpha value is -7.46. The molecule has 0 aliphatic carbocycles. The van der Waals surface area contributed by atoms with E-state index in [9.17, 15) is 31.4 Å². The Morgan fingerprint density at radius 1 is 0.667 bits per heavy atom. The van der Waals surface area contributed by atoms with Crippen LogP contribution in [0.4, 0.5) is 18.4 Å². The lowest BCUT2D eigenvalue weighted by atomic mass is 10.2. The molecule has 0 bridgehead atoms. The van der Waals surface area contributed by atoms with Crippen molar-refractivity contribution in [2.45, 2.75) is 50.0 Å². The van der Waals surface area contributed by atoms with E-state index in [1.54, 1.807) is 75.7 Å². The van der Waals surface area contributed by atoms with Gasteiger partial charge in [0, 0.05) is 41.9 Å². The molecule has 3 N–H and O–H groups in total. The second kappa shape index (κ2) is 27.7. The molecule has 18 nitrogen and oxygen atoms in total. The fraction of sp³-hybridized carbons (Fsp3) is 0.308. The van der Waals surface area contributed by atoms with E-state index in [0.717, 1.165) is 65.3 Å². The molecular weight excluding hydrogens is 1030 g/mol. The van der Waals surface area contributed by atoms with E-state index in [2.05, 4.69) is 20.3 Å². The number of hydrogen-bond donors (Lipinski definition) is 3. The molecule has 6 aromatic rings. The molecule has 0 saturated carbocycles. The van der Waals surface area contributed by atoms with Crippen molar-refractivity contribution in [2.24, 2.45) is 0 Å². The maximum Gasteiger partial charge on any atom is 0.445 e. The zero-order chi connectivity index (χ0) is 53.8. The zero-order valence-corrected chi connectivity index (χ0v) is 43.8. The van der Waals surface area contributed by atoms with Gasteiger partial charge in [-0.3, -0.25) is 0 Å². The number of hydrogen-bond acceptors (Lipinski definition) is 16. The Morgan fingerprint density at radius 3 is 1.68 bits per heavy atom. The Morgan fingerprint density at radius 2 is 1.16 bits per heavy atom. The Balaban J connectivity index is 1.03. The third-order valence-electron chi connectivity index (χ3n) is 11.2. The lowest BCUT2D eigenvalue weighted by molar-refractivity contribution is 0.137. The Kier molecular flexibility index (Phi) is 21.0. The van der Waals surface area contributed by atoms with Gasteiger partial charge in [-0.1, -0.05) is 24.3 Å². The number of aryl methyl sites for hydroxylation is 1. The van der Waals surface area contributed by atoms with Crippen LogP contribution in [0.15, 0.2) is 107 Å². The van der Waals surface area contributed by atoms with Crippen LogP contribution in [-0.2, 0) is 37.3 Å². The fourth-order valence-electron chi connectivity index (χ4n) is 7.25. The average Bonchev–Trinajstić information content (AvgIpc) is 3.75. The second-order valence-corrected chi connectivity index (χ2v) is 21.5. The number of unbranched alkanes of at least 4 members (excludes halogenated alkanes) is 1. The molecular formula is C52H55F2N6O12PS2. The van der Waals surface area contributed by atoms with Gasteiger partial charge in [0.05, 0.1) is 32.0 Å². The van der Waals surface area contributed by atoms with Crippen molar-refractivity contribution >= 4 is 51.2 Å². The summed E-state index contributed by atoms with van der Waals surface area (Å²) in [5.41, 5.74) is 1.36. The van der Waals surface area contributed by atoms with E-state index in [-0.39, 0.29) is 40.0 Å². The summed E-state index contributed by atoms with van der Waals surface area (Å²) >= 11 is 0.955. The van der Waals surface area contributed by atoms with Crippen LogP contribution < -0.4 is 38.6 Å². The number of rotatable bonds is 28.